The third kappa shape index (κ3) is 4.83. The van der Waals surface area contributed by atoms with Crippen LogP contribution in [0, 0.1) is 6.92 Å². The molecule has 2 aromatic rings. The Balaban J connectivity index is 1.55. The first-order chi connectivity index (χ1) is 12.1. The summed E-state index contributed by atoms with van der Waals surface area (Å²) in [5.41, 5.74) is 4.85. The van der Waals surface area contributed by atoms with E-state index in [1.54, 1.807) is 7.11 Å². The number of nitrogens with zero attached hydrogens (tertiary/aromatic N) is 3. The highest BCUT2D eigenvalue weighted by atomic mass is 16.5. The highest BCUT2D eigenvalue weighted by Gasteiger charge is 2.16. The molecular formula is C21H27N3O. The predicted molar refractivity (Wildman–Crippen MR) is 103 cm³/mol. The highest BCUT2D eigenvalue weighted by molar-refractivity contribution is 5.98. The lowest BCUT2D eigenvalue weighted by Crippen LogP contribution is -2.43. The van der Waals surface area contributed by atoms with Crippen LogP contribution in [0.2, 0.25) is 0 Å². The minimum absolute atomic E-state index is 0.870. The maximum Gasteiger partial charge on any atom is 0.119 e. The van der Waals surface area contributed by atoms with Crippen LogP contribution in [-0.4, -0.2) is 48.9 Å². The molecule has 132 valence electrons. The summed E-state index contributed by atoms with van der Waals surface area (Å²) in [5.74, 6) is 0.870. The number of aryl methyl sites for hydroxylation is 1. The van der Waals surface area contributed by atoms with E-state index in [-0.39, 0.29) is 0 Å². The van der Waals surface area contributed by atoms with Crippen molar-refractivity contribution >= 4 is 5.71 Å². The minimum atomic E-state index is 0.870. The third-order valence-electron chi connectivity index (χ3n) is 4.65. The van der Waals surface area contributed by atoms with Crippen molar-refractivity contribution in [3.05, 3.63) is 65.2 Å². The van der Waals surface area contributed by atoms with Crippen molar-refractivity contribution in [1.29, 1.82) is 0 Å². The fourth-order valence-electron chi connectivity index (χ4n) is 3.07. The lowest BCUT2D eigenvalue weighted by atomic mass is 10.1. The molecule has 0 bridgehead atoms. The number of benzene rings is 2. The zero-order valence-corrected chi connectivity index (χ0v) is 15.4. The number of piperazine rings is 1. The molecule has 0 aromatic heterocycles. The van der Waals surface area contributed by atoms with E-state index in [1.807, 2.05) is 18.2 Å². The van der Waals surface area contributed by atoms with E-state index in [0.717, 1.165) is 49.7 Å². The van der Waals surface area contributed by atoms with E-state index in [1.165, 1.54) is 11.1 Å². The number of hydrazone groups is 1. The zero-order chi connectivity index (χ0) is 17.6. The van der Waals surface area contributed by atoms with Gasteiger partial charge in [-0.05, 0) is 31.5 Å². The Kier molecular flexibility index (Phi) is 5.71. The van der Waals surface area contributed by atoms with Crippen LogP contribution >= 0.6 is 0 Å². The first kappa shape index (κ1) is 17.5. The van der Waals surface area contributed by atoms with Crippen LogP contribution in [-0.2, 0) is 6.54 Å². The molecule has 0 unspecified atom stereocenters. The van der Waals surface area contributed by atoms with Gasteiger partial charge in [-0.2, -0.15) is 5.10 Å². The van der Waals surface area contributed by atoms with Gasteiger partial charge in [0.1, 0.15) is 5.75 Å². The van der Waals surface area contributed by atoms with Crippen LogP contribution < -0.4 is 4.74 Å². The van der Waals surface area contributed by atoms with Gasteiger partial charge in [0, 0.05) is 38.3 Å². The van der Waals surface area contributed by atoms with Crippen LogP contribution in [0.5, 0.6) is 5.75 Å². The summed E-state index contributed by atoms with van der Waals surface area (Å²) in [6.07, 6.45) is 0. The predicted octanol–water partition coefficient (Wildman–Crippen LogP) is 3.55. The molecule has 0 atom stereocenters. The first-order valence-corrected chi connectivity index (χ1v) is 8.86. The highest BCUT2D eigenvalue weighted by Crippen LogP contribution is 2.15. The monoisotopic (exact) mass is 337 g/mol. The summed E-state index contributed by atoms with van der Waals surface area (Å²) in [4.78, 5) is 2.50. The van der Waals surface area contributed by atoms with Gasteiger partial charge in [0.2, 0.25) is 0 Å². The largest absolute Gasteiger partial charge is 0.497 e. The molecule has 25 heavy (non-hydrogen) atoms. The average Bonchev–Trinajstić information content (AvgIpc) is 2.65. The quantitative estimate of drug-likeness (QED) is 0.781. The number of hydrogen-bond donors (Lipinski definition) is 0. The molecule has 1 aliphatic heterocycles. The van der Waals surface area contributed by atoms with Gasteiger partial charge in [0.25, 0.3) is 0 Å². The Labute approximate surface area is 150 Å². The normalized spacial score (nSPS) is 16.1. The van der Waals surface area contributed by atoms with Gasteiger partial charge < -0.3 is 4.74 Å². The molecule has 1 aliphatic rings. The van der Waals surface area contributed by atoms with E-state index < -0.39 is 0 Å². The van der Waals surface area contributed by atoms with Gasteiger partial charge in [0.15, 0.2) is 0 Å². The van der Waals surface area contributed by atoms with Gasteiger partial charge >= 0.3 is 0 Å². The molecule has 2 aromatic carbocycles. The summed E-state index contributed by atoms with van der Waals surface area (Å²) < 4.78 is 5.30. The zero-order valence-electron chi connectivity index (χ0n) is 15.4. The summed E-state index contributed by atoms with van der Waals surface area (Å²) in [6, 6.07) is 16.9. The summed E-state index contributed by atoms with van der Waals surface area (Å²) in [6.45, 7) is 9.23. The molecule has 0 aliphatic carbocycles. The van der Waals surface area contributed by atoms with Crippen molar-refractivity contribution in [3.63, 3.8) is 0 Å². The lowest BCUT2D eigenvalue weighted by molar-refractivity contribution is 0.130. The Morgan fingerprint density at radius 1 is 1.04 bits per heavy atom. The van der Waals surface area contributed by atoms with Crippen molar-refractivity contribution in [3.8, 4) is 5.75 Å². The Morgan fingerprint density at radius 3 is 2.44 bits per heavy atom. The number of hydrogen-bond acceptors (Lipinski definition) is 4. The second-order valence-corrected chi connectivity index (χ2v) is 6.63. The maximum absolute atomic E-state index is 5.30. The molecule has 4 nitrogen and oxygen atoms in total. The van der Waals surface area contributed by atoms with Crippen molar-refractivity contribution in [1.82, 2.24) is 9.91 Å². The SMILES string of the molecule is COc1cccc(/C(C)=N/N2CCN(Cc3ccc(C)cc3)CC2)c1. The molecular weight excluding hydrogens is 310 g/mol. The molecule has 0 N–H and O–H groups in total. The van der Waals surface area contributed by atoms with Gasteiger partial charge in [0.05, 0.1) is 12.8 Å². The lowest BCUT2D eigenvalue weighted by Gasteiger charge is -2.33. The standard InChI is InChI=1S/C21H27N3O/c1-17-7-9-19(10-8-17)16-23-11-13-24(14-12-23)22-18(2)20-5-4-6-21(15-20)25-3/h4-10,15H,11-14,16H2,1-3H3/b22-18+. The fraction of sp³-hybridized carbons (Fsp3) is 0.381. The van der Waals surface area contributed by atoms with Gasteiger partial charge in [-0.1, -0.05) is 42.0 Å². The Bertz CT molecular complexity index is 716. The average molecular weight is 337 g/mol. The van der Waals surface area contributed by atoms with E-state index in [2.05, 4.69) is 54.1 Å². The molecule has 0 spiro atoms. The number of rotatable bonds is 5. The van der Waals surface area contributed by atoms with Crippen LogP contribution in [0.15, 0.2) is 53.6 Å². The number of methoxy groups -OCH3 is 1. The second kappa shape index (κ2) is 8.17. The van der Waals surface area contributed by atoms with E-state index >= 15 is 0 Å². The van der Waals surface area contributed by atoms with Gasteiger partial charge in [-0.25, -0.2) is 0 Å². The second-order valence-electron chi connectivity index (χ2n) is 6.63. The van der Waals surface area contributed by atoms with E-state index in [0.29, 0.717) is 0 Å². The number of ether oxygens (including phenoxy) is 1. The van der Waals surface area contributed by atoms with Crippen molar-refractivity contribution in [2.45, 2.75) is 20.4 Å². The van der Waals surface area contributed by atoms with Gasteiger partial charge in [-0.15, -0.1) is 0 Å². The summed E-state index contributed by atoms with van der Waals surface area (Å²) in [7, 11) is 1.69. The van der Waals surface area contributed by atoms with Crippen molar-refractivity contribution in [2.75, 3.05) is 33.3 Å². The van der Waals surface area contributed by atoms with Gasteiger partial charge in [-0.3, -0.25) is 9.91 Å². The molecule has 4 heteroatoms. The molecule has 0 saturated carbocycles. The van der Waals surface area contributed by atoms with Crippen LogP contribution in [0.4, 0.5) is 0 Å². The molecule has 1 fully saturated rings. The minimum Gasteiger partial charge on any atom is -0.497 e. The smallest absolute Gasteiger partial charge is 0.119 e. The molecule has 0 radical (unpaired) electrons. The first-order valence-electron chi connectivity index (χ1n) is 8.86. The Hall–Kier alpha value is -2.33. The molecule has 1 heterocycles. The van der Waals surface area contributed by atoms with Crippen molar-refractivity contribution < 1.29 is 4.74 Å². The van der Waals surface area contributed by atoms with Crippen LogP contribution in [0.3, 0.4) is 0 Å². The molecule has 0 amide bonds. The van der Waals surface area contributed by atoms with E-state index in [9.17, 15) is 0 Å². The van der Waals surface area contributed by atoms with E-state index in [4.69, 9.17) is 9.84 Å². The van der Waals surface area contributed by atoms with Crippen LogP contribution in [0.1, 0.15) is 23.6 Å². The maximum atomic E-state index is 5.30. The summed E-state index contributed by atoms with van der Waals surface area (Å²) in [5, 5.41) is 6.98. The summed E-state index contributed by atoms with van der Waals surface area (Å²) >= 11 is 0. The van der Waals surface area contributed by atoms with Crippen molar-refractivity contribution in [2.24, 2.45) is 5.10 Å². The molecule has 3 rings (SSSR count). The fourth-order valence-corrected chi connectivity index (χ4v) is 3.07. The van der Waals surface area contributed by atoms with Crippen LogP contribution in [0.25, 0.3) is 0 Å². The Morgan fingerprint density at radius 2 is 1.76 bits per heavy atom. The third-order valence-corrected chi connectivity index (χ3v) is 4.65. The topological polar surface area (TPSA) is 28.1 Å². The molecule has 1 saturated heterocycles.